The minimum absolute atomic E-state index is 0.0834. The molecule has 0 radical (unpaired) electrons. The minimum atomic E-state index is -0.0834. The fraction of sp³-hybridized carbons (Fsp3) is 0.174. The van der Waals surface area contributed by atoms with Crippen LogP contribution >= 0.6 is 28.1 Å². The lowest BCUT2D eigenvalue weighted by molar-refractivity contribution is -0.121. The average molecular weight is 497 g/mol. The predicted molar refractivity (Wildman–Crippen MR) is 126 cm³/mol. The first kappa shape index (κ1) is 21.3. The molecule has 0 atom stereocenters. The van der Waals surface area contributed by atoms with E-state index in [1.807, 2.05) is 72.2 Å². The maximum absolute atomic E-state index is 12.4. The quantitative estimate of drug-likeness (QED) is 0.324. The summed E-state index contributed by atoms with van der Waals surface area (Å²) in [5.74, 6) is 2.11. The summed E-state index contributed by atoms with van der Waals surface area (Å²) >= 11 is 8.78. The van der Waals surface area contributed by atoms with E-state index in [1.165, 1.54) is 0 Å². The van der Waals surface area contributed by atoms with Crippen molar-refractivity contribution in [2.24, 2.45) is 0 Å². The number of hydrogen-bond acceptors (Lipinski definition) is 4. The van der Waals surface area contributed by atoms with E-state index in [9.17, 15) is 4.79 Å². The highest BCUT2D eigenvalue weighted by Crippen LogP contribution is 2.24. The monoisotopic (exact) mass is 496 g/mol. The number of carbonyl (C=O) groups is 1. The van der Waals surface area contributed by atoms with Crippen molar-refractivity contribution in [3.63, 3.8) is 0 Å². The number of nitrogens with zero attached hydrogens (tertiary/aromatic N) is 2. The third kappa shape index (κ3) is 5.21. The average Bonchev–Trinajstić information content (AvgIpc) is 3.38. The number of carbonyl (C=O) groups excluding carboxylic acids is 1. The molecular weight excluding hydrogens is 476 g/mol. The molecule has 0 bridgehead atoms. The highest BCUT2D eigenvalue weighted by molar-refractivity contribution is 9.10. The molecule has 0 saturated carbocycles. The molecule has 2 N–H and O–H groups in total. The summed E-state index contributed by atoms with van der Waals surface area (Å²) in [6, 6.07) is 19.7. The lowest BCUT2D eigenvalue weighted by Crippen LogP contribution is -2.23. The number of hydrogen-bond donors (Lipinski definition) is 2. The predicted octanol–water partition coefficient (Wildman–Crippen LogP) is 5.65. The van der Waals surface area contributed by atoms with Crippen LogP contribution in [0.3, 0.4) is 0 Å². The van der Waals surface area contributed by atoms with Gasteiger partial charge in [0.25, 0.3) is 0 Å². The van der Waals surface area contributed by atoms with Crippen LogP contribution in [-0.4, -0.2) is 20.7 Å². The van der Waals surface area contributed by atoms with Crippen molar-refractivity contribution in [1.29, 1.82) is 0 Å². The molecule has 0 aliphatic rings. The summed E-state index contributed by atoms with van der Waals surface area (Å²) < 4.78 is 9.21. The van der Waals surface area contributed by atoms with E-state index in [0.29, 0.717) is 23.6 Å². The molecule has 0 fully saturated rings. The number of nitrogens with one attached hydrogen (secondary N) is 2. The number of aromatic nitrogens is 3. The fourth-order valence-corrected chi connectivity index (χ4v) is 3.75. The van der Waals surface area contributed by atoms with Gasteiger partial charge in [0, 0.05) is 28.6 Å². The molecule has 0 saturated heterocycles. The number of aryl methyl sites for hydroxylation is 1. The number of benzene rings is 2. The van der Waals surface area contributed by atoms with E-state index in [1.54, 1.807) is 0 Å². The maximum atomic E-state index is 12.4. The van der Waals surface area contributed by atoms with Crippen LogP contribution in [0, 0.1) is 11.7 Å². The molecule has 1 amide bonds. The van der Waals surface area contributed by atoms with Gasteiger partial charge in [-0.15, -0.1) is 0 Å². The van der Waals surface area contributed by atoms with Crippen molar-refractivity contribution in [1.82, 2.24) is 20.1 Å². The van der Waals surface area contributed by atoms with E-state index in [-0.39, 0.29) is 12.3 Å². The fourth-order valence-electron chi connectivity index (χ4n) is 3.26. The van der Waals surface area contributed by atoms with Gasteiger partial charge in [0.1, 0.15) is 11.5 Å². The summed E-state index contributed by atoms with van der Waals surface area (Å²) in [4.78, 5) is 12.4. The second-order valence-corrected chi connectivity index (χ2v) is 8.48. The molecule has 4 aromatic rings. The van der Waals surface area contributed by atoms with Gasteiger partial charge >= 0.3 is 0 Å². The van der Waals surface area contributed by atoms with Crippen LogP contribution in [-0.2, 0) is 17.9 Å². The summed E-state index contributed by atoms with van der Waals surface area (Å²) in [6.45, 7) is 2.79. The van der Waals surface area contributed by atoms with Crippen molar-refractivity contribution in [3.8, 4) is 22.7 Å². The van der Waals surface area contributed by atoms with E-state index in [2.05, 4.69) is 31.4 Å². The molecule has 2 aromatic carbocycles. The van der Waals surface area contributed by atoms with Crippen molar-refractivity contribution >= 4 is 34.1 Å². The first-order valence-electron chi connectivity index (χ1n) is 9.83. The Morgan fingerprint density at radius 1 is 1.16 bits per heavy atom. The molecule has 6 nitrogen and oxygen atoms in total. The first-order valence-corrected chi connectivity index (χ1v) is 11.0. The third-order valence-corrected chi connectivity index (χ3v) is 5.69. The Bertz CT molecular complexity index is 1260. The van der Waals surface area contributed by atoms with Gasteiger partial charge in [-0.05, 0) is 49.5 Å². The summed E-state index contributed by atoms with van der Waals surface area (Å²) in [6.07, 6.45) is 0.285. The van der Waals surface area contributed by atoms with E-state index >= 15 is 0 Å². The van der Waals surface area contributed by atoms with E-state index < -0.39 is 0 Å². The Morgan fingerprint density at radius 2 is 1.97 bits per heavy atom. The Hall–Kier alpha value is -2.97. The Labute approximate surface area is 193 Å². The molecule has 8 heteroatoms. The van der Waals surface area contributed by atoms with Crippen LogP contribution in [0.5, 0.6) is 0 Å². The molecule has 0 aliphatic heterocycles. The van der Waals surface area contributed by atoms with Gasteiger partial charge in [-0.1, -0.05) is 51.8 Å². The molecule has 0 unspecified atom stereocenters. The zero-order valence-corrected chi connectivity index (χ0v) is 19.3. The molecule has 0 spiro atoms. The first-order chi connectivity index (χ1) is 15.0. The molecule has 158 valence electrons. The van der Waals surface area contributed by atoms with Gasteiger partial charge in [0.05, 0.1) is 6.54 Å². The minimum Gasteiger partial charge on any atom is -0.459 e. The highest BCUT2D eigenvalue weighted by atomic mass is 79.9. The molecule has 2 aromatic heterocycles. The molecular formula is C23H21BrN4O2S. The number of aromatic amines is 1. The number of furan rings is 1. The molecule has 2 heterocycles. The van der Waals surface area contributed by atoms with Crippen molar-refractivity contribution in [2.45, 2.75) is 26.4 Å². The largest absolute Gasteiger partial charge is 0.459 e. The standard InChI is InChI=1S/C23H21BrN4O2S/c1-15-3-2-4-17(13-15)22-26-27-23(31)28(22)12-11-21(29)25-14-19-9-10-20(30-19)16-5-7-18(24)8-6-16/h2-10,13H,11-12,14H2,1H3,(H,25,29)(H,27,31). The normalized spacial score (nSPS) is 10.9. The van der Waals surface area contributed by atoms with Gasteiger partial charge in [-0.25, -0.2) is 0 Å². The zero-order chi connectivity index (χ0) is 21.8. The molecule has 0 aliphatic carbocycles. The van der Waals surface area contributed by atoms with Gasteiger partial charge < -0.3 is 9.73 Å². The van der Waals surface area contributed by atoms with Gasteiger partial charge in [-0.3, -0.25) is 14.5 Å². The lowest BCUT2D eigenvalue weighted by atomic mass is 10.1. The van der Waals surface area contributed by atoms with E-state index in [4.69, 9.17) is 16.6 Å². The third-order valence-electron chi connectivity index (χ3n) is 4.85. The summed E-state index contributed by atoms with van der Waals surface area (Å²) in [5.41, 5.74) is 3.08. The number of amides is 1. The summed E-state index contributed by atoms with van der Waals surface area (Å²) in [5, 5.41) is 10.1. The van der Waals surface area contributed by atoms with Crippen LogP contribution in [0.1, 0.15) is 17.7 Å². The highest BCUT2D eigenvalue weighted by Gasteiger charge is 2.12. The zero-order valence-electron chi connectivity index (χ0n) is 16.9. The Kier molecular flexibility index (Phi) is 6.48. The number of halogens is 1. The number of rotatable bonds is 7. The molecule has 4 rings (SSSR count). The second-order valence-electron chi connectivity index (χ2n) is 7.17. The van der Waals surface area contributed by atoms with Crippen molar-refractivity contribution in [2.75, 3.05) is 0 Å². The van der Waals surface area contributed by atoms with E-state index in [0.717, 1.165) is 32.7 Å². The van der Waals surface area contributed by atoms with Crippen LogP contribution in [0.25, 0.3) is 22.7 Å². The van der Waals surface area contributed by atoms with Crippen LogP contribution in [0.4, 0.5) is 0 Å². The number of H-pyrrole nitrogens is 1. The van der Waals surface area contributed by atoms with Gasteiger partial charge in [0.15, 0.2) is 10.6 Å². The van der Waals surface area contributed by atoms with Crippen LogP contribution in [0.2, 0.25) is 0 Å². The Balaban J connectivity index is 1.35. The molecule has 31 heavy (non-hydrogen) atoms. The topological polar surface area (TPSA) is 75.8 Å². The van der Waals surface area contributed by atoms with Gasteiger partial charge in [0.2, 0.25) is 5.91 Å². The smallest absolute Gasteiger partial charge is 0.222 e. The van der Waals surface area contributed by atoms with Crippen LogP contribution in [0.15, 0.2) is 69.6 Å². The lowest BCUT2D eigenvalue weighted by Gasteiger charge is -2.08. The van der Waals surface area contributed by atoms with Crippen molar-refractivity contribution < 1.29 is 9.21 Å². The Morgan fingerprint density at radius 3 is 2.74 bits per heavy atom. The summed E-state index contributed by atoms with van der Waals surface area (Å²) in [7, 11) is 0. The maximum Gasteiger partial charge on any atom is 0.222 e. The SMILES string of the molecule is Cc1cccc(-c2n[nH]c(=S)n2CCC(=O)NCc2ccc(-c3ccc(Br)cc3)o2)c1. The van der Waals surface area contributed by atoms with Crippen LogP contribution < -0.4 is 5.32 Å². The van der Waals surface area contributed by atoms with Gasteiger partial charge in [-0.2, -0.15) is 5.10 Å². The second kappa shape index (κ2) is 9.45. The van der Waals surface area contributed by atoms with Crippen molar-refractivity contribution in [3.05, 3.63) is 81.2 Å².